The molecule has 4 fully saturated rings. The smallest absolute Gasteiger partial charge is 0.371 e. The van der Waals surface area contributed by atoms with Crippen LogP contribution in [0.15, 0.2) is 43.2 Å². The lowest BCUT2D eigenvalue weighted by molar-refractivity contribution is -0.145. The van der Waals surface area contributed by atoms with Crippen LogP contribution < -0.4 is 16.0 Å². The van der Waals surface area contributed by atoms with Crippen molar-refractivity contribution in [3.8, 4) is 0 Å². The van der Waals surface area contributed by atoms with Crippen molar-refractivity contribution in [1.29, 1.82) is 0 Å². The van der Waals surface area contributed by atoms with Crippen LogP contribution in [0.25, 0.3) is 33.5 Å². The van der Waals surface area contributed by atoms with Gasteiger partial charge in [0.15, 0.2) is 34.4 Å². The molecule has 374 valence electrons. The number of aryl methyl sites for hydroxylation is 3. The number of hydrogen-bond donors (Lipinski definition) is 3. The van der Waals surface area contributed by atoms with Crippen molar-refractivity contribution in [2.75, 3.05) is 23.0 Å². The second-order valence-corrected chi connectivity index (χ2v) is 18.3. The van der Waals surface area contributed by atoms with Gasteiger partial charge in [-0.1, -0.05) is 62.8 Å². The number of imidazole rings is 3. The Kier molecular flexibility index (Phi) is 13.8. The van der Waals surface area contributed by atoms with Crippen molar-refractivity contribution in [3.05, 3.63) is 71.8 Å². The van der Waals surface area contributed by atoms with Crippen molar-refractivity contribution < 1.29 is 39.5 Å². The monoisotopic (exact) mass is 985 g/mol. The summed E-state index contributed by atoms with van der Waals surface area (Å²) in [6.07, 6.45) is 6.01. The van der Waals surface area contributed by atoms with Crippen LogP contribution in [0, 0.1) is 6.92 Å². The maximum absolute atomic E-state index is 13.2. The number of hydrogen-bond acceptors (Lipinski definition) is 12. The molecule has 0 unspecified atom stereocenters. The number of benzene rings is 1. The summed E-state index contributed by atoms with van der Waals surface area (Å²) in [5.74, 6) is -2.87. The van der Waals surface area contributed by atoms with Gasteiger partial charge in [-0.2, -0.15) is 39.5 Å². The molecule has 6 heterocycles. The van der Waals surface area contributed by atoms with Crippen molar-refractivity contribution in [2.24, 2.45) is 0 Å². The summed E-state index contributed by atoms with van der Waals surface area (Å²) in [6, 6.07) is 8.68. The molecule has 4 aliphatic carbocycles. The number of aromatic nitrogens is 12. The molecule has 0 bridgehead atoms. The molecule has 1 aromatic carbocycles. The van der Waals surface area contributed by atoms with Crippen LogP contribution in [0.4, 0.5) is 57.0 Å². The maximum atomic E-state index is 13.2. The van der Waals surface area contributed by atoms with E-state index in [0.29, 0.717) is 35.2 Å². The molecule has 11 rings (SSSR count). The van der Waals surface area contributed by atoms with Gasteiger partial charge in [0, 0.05) is 37.8 Å². The highest BCUT2D eigenvalue weighted by atomic mass is 19.4. The van der Waals surface area contributed by atoms with Crippen LogP contribution in [0.5, 0.6) is 0 Å². The first-order chi connectivity index (χ1) is 33.4. The fourth-order valence-electron chi connectivity index (χ4n) is 8.92. The van der Waals surface area contributed by atoms with Crippen LogP contribution in [-0.2, 0) is 31.5 Å². The number of nitrogens with zero attached hydrogens (tertiary/aromatic N) is 12. The maximum Gasteiger partial charge on any atom is 0.451 e. The predicted molar refractivity (Wildman–Crippen MR) is 243 cm³/mol. The van der Waals surface area contributed by atoms with Gasteiger partial charge in [0.1, 0.15) is 16.6 Å². The molecular weight excluding hydrogens is 934 g/mol. The Balaban J connectivity index is 0.000000132. The summed E-state index contributed by atoms with van der Waals surface area (Å²) in [4.78, 5) is 34.9. The Morgan fingerprint density at radius 3 is 1.39 bits per heavy atom. The molecule has 4 saturated carbocycles. The topological polar surface area (TPSA) is 167 Å². The van der Waals surface area contributed by atoms with E-state index in [1.165, 1.54) is 26.2 Å². The number of anilines is 3. The molecule has 0 radical (unpaired) electrons. The average Bonchev–Trinajstić information content (AvgIpc) is 4.10. The first-order valence-corrected chi connectivity index (χ1v) is 23.6. The molecule has 0 amide bonds. The van der Waals surface area contributed by atoms with E-state index in [-0.39, 0.29) is 52.9 Å². The Hall–Kier alpha value is -6.36. The summed E-state index contributed by atoms with van der Waals surface area (Å²) in [5, 5.41) is 8.77. The zero-order valence-electron chi connectivity index (χ0n) is 38.4. The van der Waals surface area contributed by atoms with Crippen LogP contribution in [0.2, 0.25) is 0 Å². The quantitative estimate of drug-likeness (QED) is 0.0878. The van der Waals surface area contributed by atoms with Gasteiger partial charge in [0.25, 0.3) is 0 Å². The summed E-state index contributed by atoms with van der Waals surface area (Å²) in [5.41, 5.74) is 4.27. The van der Waals surface area contributed by atoms with E-state index in [0.717, 1.165) is 88.2 Å². The fourth-order valence-corrected chi connectivity index (χ4v) is 8.92. The minimum Gasteiger partial charge on any atom is -0.371 e. The summed E-state index contributed by atoms with van der Waals surface area (Å²) in [6.45, 7) is 2.52. The van der Waals surface area contributed by atoms with Gasteiger partial charge >= 0.3 is 18.5 Å². The molecular formula is C46H52F9N15. The van der Waals surface area contributed by atoms with Crippen LogP contribution in [-0.4, -0.2) is 77.7 Å². The molecule has 3 N–H and O–H groups in total. The normalized spacial score (nSPS) is 17.3. The van der Waals surface area contributed by atoms with Gasteiger partial charge in [-0.3, -0.25) is 0 Å². The Labute approximate surface area is 395 Å². The van der Waals surface area contributed by atoms with Gasteiger partial charge in [0.2, 0.25) is 17.5 Å². The second kappa shape index (κ2) is 19.8. The third kappa shape index (κ3) is 11.1. The largest absolute Gasteiger partial charge is 0.451 e. The zero-order valence-corrected chi connectivity index (χ0v) is 38.4. The van der Waals surface area contributed by atoms with Crippen LogP contribution in [0.3, 0.4) is 0 Å². The molecule has 24 heteroatoms. The van der Waals surface area contributed by atoms with Crippen LogP contribution >= 0.6 is 0 Å². The van der Waals surface area contributed by atoms with Gasteiger partial charge in [-0.15, -0.1) is 0 Å². The number of nitrogens with one attached hydrogen (secondary N) is 3. The van der Waals surface area contributed by atoms with Crippen molar-refractivity contribution in [2.45, 2.75) is 152 Å². The minimum absolute atomic E-state index is 0.110. The molecule has 4 aliphatic rings. The van der Waals surface area contributed by atoms with Gasteiger partial charge in [-0.05, 0) is 75.8 Å². The predicted octanol–water partition coefficient (Wildman–Crippen LogP) is 11.3. The number of rotatable bonds is 10. The van der Waals surface area contributed by atoms with E-state index >= 15 is 0 Å². The van der Waals surface area contributed by atoms with Gasteiger partial charge in [-0.25, -0.2) is 44.9 Å². The SMILES string of the molecule is CNc1nc(C(F)(F)F)nc2c1ncn2C1CCCC1.Cc1ccccc1CCn1cnc2c(NC3CC3)nc(C(F)(F)F)nc21.FC(F)(F)c1nc(NC2CC2)c2ncn(C3CCCCCC3)c2n1. The first-order valence-electron chi connectivity index (χ1n) is 23.6. The highest BCUT2D eigenvalue weighted by Crippen LogP contribution is 2.38. The minimum atomic E-state index is -4.60. The van der Waals surface area contributed by atoms with E-state index in [2.05, 4.69) is 60.8 Å². The van der Waals surface area contributed by atoms with Crippen molar-refractivity contribution in [3.63, 3.8) is 0 Å². The zero-order chi connectivity index (χ0) is 49.4. The molecule has 70 heavy (non-hydrogen) atoms. The lowest BCUT2D eigenvalue weighted by atomic mass is 10.1. The van der Waals surface area contributed by atoms with Crippen molar-refractivity contribution in [1.82, 2.24) is 58.6 Å². The third-order valence-corrected chi connectivity index (χ3v) is 13.0. The summed E-state index contributed by atoms with van der Waals surface area (Å²) < 4.78 is 123. The molecule has 6 aromatic heterocycles. The molecule has 7 aromatic rings. The Bertz CT molecular complexity index is 2920. The van der Waals surface area contributed by atoms with Gasteiger partial charge < -0.3 is 29.7 Å². The van der Waals surface area contributed by atoms with Crippen LogP contribution in [0.1, 0.15) is 131 Å². The average molecular weight is 986 g/mol. The highest BCUT2D eigenvalue weighted by molar-refractivity contribution is 5.85. The molecule has 0 atom stereocenters. The third-order valence-electron chi connectivity index (χ3n) is 13.0. The molecule has 0 aliphatic heterocycles. The molecule has 0 saturated heterocycles. The lowest BCUT2D eigenvalue weighted by Gasteiger charge is -2.17. The van der Waals surface area contributed by atoms with Gasteiger partial charge in [0.05, 0.1) is 19.0 Å². The first kappa shape index (κ1) is 48.7. The Morgan fingerprint density at radius 1 is 0.514 bits per heavy atom. The van der Waals surface area contributed by atoms with E-state index in [1.807, 2.05) is 35.8 Å². The van der Waals surface area contributed by atoms with E-state index < -0.39 is 36.0 Å². The molecule has 15 nitrogen and oxygen atoms in total. The highest BCUT2D eigenvalue weighted by Gasteiger charge is 2.39. The van der Waals surface area contributed by atoms with Crippen molar-refractivity contribution >= 4 is 50.9 Å². The second-order valence-electron chi connectivity index (χ2n) is 18.3. The number of fused-ring (bicyclic) bond motifs is 3. The standard InChI is InChI=1S/C18H18F3N5.C16H20F3N5.C12H14F3N5/c1-11-4-2-3-5-12(11)8-9-26-10-22-14-15(23-13-6-7-13)24-17(18(19,20)21)25-16(14)26;17-16(18,19)15-22-13(21-10-7-8-10)12-14(23-15)24(9-20-12)11-5-3-1-2-4-6-11;1-16-9-8-10(19-11(18-9)12(13,14)15)20(6-17-8)7-4-2-3-5-7/h2-5,10,13H,6-9H2,1H3,(H,23,24,25);9-11H,1-8H2,(H,21,22,23);6-7H,2-5H2,1H3,(H,16,18,19). The van der Waals surface area contributed by atoms with E-state index in [1.54, 1.807) is 21.8 Å². The Morgan fingerprint density at radius 2 is 0.929 bits per heavy atom. The van der Waals surface area contributed by atoms with E-state index in [4.69, 9.17) is 0 Å². The summed E-state index contributed by atoms with van der Waals surface area (Å²) in [7, 11) is 1.52. The van der Waals surface area contributed by atoms with E-state index in [9.17, 15) is 39.5 Å². The number of alkyl halides is 9. The molecule has 0 spiro atoms. The summed E-state index contributed by atoms with van der Waals surface area (Å²) >= 11 is 0. The number of halogens is 9. The fraction of sp³-hybridized carbons (Fsp3) is 0.543. The lowest BCUT2D eigenvalue weighted by Crippen LogP contribution is -2.16.